The minimum Gasteiger partial charge on any atom is -0.449 e. The summed E-state index contributed by atoms with van der Waals surface area (Å²) in [5.41, 5.74) is 2.05. The van der Waals surface area contributed by atoms with Gasteiger partial charge in [-0.2, -0.15) is 4.31 Å². The molecule has 0 N–H and O–H groups in total. The number of ether oxygens (including phenoxy) is 1. The topological polar surface area (TPSA) is 63.7 Å². The molecule has 1 saturated heterocycles. The molecule has 1 unspecified atom stereocenters. The first-order valence-corrected chi connectivity index (χ1v) is 11.9. The normalized spacial score (nSPS) is 21.1. The van der Waals surface area contributed by atoms with E-state index in [0.717, 1.165) is 16.7 Å². The Kier molecular flexibility index (Phi) is 4.88. The highest BCUT2D eigenvalue weighted by Crippen LogP contribution is 2.44. The van der Waals surface area contributed by atoms with Crippen LogP contribution >= 0.6 is 11.6 Å². The highest BCUT2D eigenvalue weighted by Gasteiger charge is 2.50. The van der Waals surface area contributed by atoms with Crippen molar-refractivity contribution in [1.82, 2.24) is 4.31 Å². The fourth-order valence-corrected chi connectivity index (χ4v) is 6.16. The van der Waals surface area contributed by atoms with Gasteiger partial charge in [-0.05, 0) is 54.3 Å². The molecule has 2 heterocycles. The Hall–Kier alpha value is -2.67. The van der Waals surface area contributed by atoms with Crippen LogP contribution in [-0.2, 0) is 20.4 Å². The zero-order chi connectivity index (χ0) is 21.6. The first kappa shape index (κ1) is 20.2. The lowest BCUT2D eigenvalue weighted by molar-refractivity contribution is -0.0345. The number of halogens is 1. The highest BCUT2D eigenvalue weighted by atomic mass is 35.5. The summed E-state index contributed by atoms with van der Waals surface area (Å²) in [7, 11) is -3.77. The number of carbonyl (C=O) groups is 1. The summed E-state index contributed by atoms with van der Waals surface area (Å²) in [6, 6.07) is 21.4. The van der Waals surface area contributed by atoms with Gasteiger partial charge in [-0.3, -0.25) is 0 Å². The molecule has 2 aliphatic heterocycles. The van der Waals surface area contributed by atoms with Gasteiger partial charge in [-0.15, -0.1) is 0 Å². The first-order valence-electron chi connectivity index (χ1n) is 10.1. The molecule has 31 heavy (non-hydrogen) atoms. The Morgan fingerprint density at radius 3 is 2.52 bits per heavy atom. The highest BCUT2D eigenvalue weighted by molar-refractivity contribution is 7.89. The van der Waals surface area contributed by atoms with Crippen LogP contribution in [0, 0.1) is 0 Å². The lowest BCUT2D eigenvalue weighted by Gasteiger charge is -2.38. The number of nitrogens with zero attached hydrogens (tertiary/aromatic N) is 1. The third-order valence-electron chi connectivity index (χ3n) is 6.00. The maximum atomic E-state index is 13.5. The molecule has 0 amide bonds. The molecule has 5 nitrogen and oxygen atoms in total. The molecule has 1 atom stereocenters. The summed E-state index contributed by atoms with van der Waals surface area (Å²) in [6.07, 6.45) is 1.21. The Bertz CT molecular complexity index is 1270. The smallest absolute Gasteiger partial charge is 0.339 e. The van der Waals surface area contributed by atoms with E-state index < -0.39 is 15.6 Å². The monoisotopic (exact) mass is 453 g/mol. The number of esters is 1. The second-order valence-electron chi connectivity index (χ2n) is 7.91. The number of hydrogen-bond acceptors (Lipinski definition) is 4. The maximum Gasteiger partial charge on any atom is 0.339 e. The van der Waals surface area contributed by atoms with Gasteiger partial charge in [-0.1, -0.05) is 54.1 Å². The molecule has 0 saturated carbocycles. The van der Waals surface area contributed by atoms with Crippen LogP contribution in [0.25, 0.3) is 11.1 Å². The van der Waals surface area contributed by atoms with Crippen LogP contribution in [0.1, 0.15) is 28.8 Å². The maximum absolute atomic E-state index is 13.5. The van der Waals surface area contributed by atoms with E-state index in [1.54, 1.807) is 42.5 Å². The van der Waals surface area contributed by atoms with Gasteiger partial charge in [-0.25, -0.2) is 13.2 Å². The second-order valence-corrected chi connectivity index (χ2v) is 10.3. The van der Waals surface area contributed by atoms with Gasteiger partial charge in [0.15, 0.2) is 5.60 Å². The van der Waals surface area contributed by atoms with E-state index in [4.69, 9.17) is 16.3 Å². The molecule has 0 radical (unpaired) electrons. The van der Waals surface area contributed by atoms with E-state index in [1.165, 1.54) is 4.31 Å². The molecule has 0 bridgehead atoms. The SMILES string of the molecule is O=C1OC2(CCCN(S(=O)(=O)c3cccc(-c4ccc(Cl)cc4)c3)C2)c2ccccc21. The molecule has 5 rings (SSSR count). The molecule has 3 aromatic rings. The van der Waals surface area contributed by atoms with Gasteiger partial charge in [0.25, 0.3) is 0 Å². The quantitative estimate of drug-likeness (QED) is 0.531. The largest absolute Gasteiger partial charge is 0.449 e. The van der Waals surface area contributed by atoms with Crippen molar-refractivity contribution in [1.29, 1.82) is 0 Å². The molecule has 0 aromatic heterocycles. The van der Waals surface area contributed by atoms with Crippen molar-refractivity contribution in [3.63, 3.8) is 0 Å². The van der Waals surface area contributed by atoms with E-state index in [0.29, 0.717) is 30.0 Å². The average molecular weight is 454 g/mol. The van der Waals surface area contributed by atoms with Crippen LogP contribution in [0.3, 0.4) is 0 Å². The predicted octanol–water partition coefficient (Wildman–Crippen LogP) is 4.86. The van der Waals surface area contributed by atoms with Crippen LogP contribution in [0.2, 0.25) is 5.02 Å². The van der Waals surface area contributed by atoms with Crippen LogP contribution in [-0.4, -0.2) is 31.8 Å². The van der Waals surface area contributed by atoms with E-state index in [9.17, 15) is 13.2 Å². The van der Waals surface area contributed by atoms with E-state index in [-0.39, 0.29) is 17.4 Å². The van der Waals surface area contributed by atoms with Crippen LogP contribution in [0.5, 0.6) is 0 Å². The summed E-state index contributed by atoms with van der Waals surface area (Å²) in [6.45, 7) is 0.498. The summed E-state index contributed by atoms with van der Waals surface area (Å²) in [5, 5.41) is 0.623. The van der Waals surface area contributed by atoms with Crippen molar-refractivity contribution >= 4 is 27.6 Å². The number of hydrogen-bond donors (Lipinski definition) is 0. The number of benzene rings is 3. The van der Waals surface area contributed by atoms with Gasteiger partial charge < -0.3 is 4.74 Å². The van der Waals surface area contributed by atoms with E-state index in [1.807, 2.05) is 30.3 Å². The van der Waals surface area contributed by atoms with Gasteiger partial charge in [0.05, 0.1) is 17.0 Å². The number of piperidine rings is 1. The molecule has 158 valence electrons. The molecule has 1 fully saturated rings. The summed E-state index contributed by atoms with van der Waals surface area (Å²) in [4.78, 5) is 12.6. The number of carbonyl (C=O) groups excluding carboxylic acids is 1. The Labute approximate surface area is 186 Å². The zero-order valence-electron chi connectivity index (χ0n) is 16.6. The zero-order valence-corrected chi connectivity index (χ0v) is 18.2. The third kappa shape index (κ3) is 3.45. The molecule has 7 heteroatoms. The molecular formula is C24H20ClNO4S. The molecule has 3 aromatic carbocycles. The molecule has 2 aliphatic rings. The van der Waals surface area contributed by atoms with E-state index in [2.05, 4.69) is 0 Å². The standard InChI is InChI=1S/C24H20ClNO4S/c25-19-11-9-17(10-12-19)18-5-3-6-20(15-18)31(28,29)26-14-4-13-24(16-26)22-8-2-1-7-21(22)23(27)30-24/h1-3,5-12,15H,4,13-14,16H2. The van der Waals surface area contributed by atoms with Crippen LogP contribution < -0.4 is 0 Å². The summed E-state index contributed by atoms with van der Waals surface area (Å²) < 4.78 is 34.3. The number of fused-ring (bicyclic) bond motifs is 2. The van der Waals surface area contributed by atoms with Crippen molar-refractivity contribution in [2.24, 2.45) is 0 Å². The molecule has 1 spiro atoms. The van der Waals surface area contributed by atoms with Crippen molar-refractivity contribution in [2.75, 3.05) is 13.1 Å². The first-order chi connectivity index (χ1) is 14.9. The Morgan fingerprint density at radius 1 is 0.935 bits per heavy atom. The minimum atomic E-state index is -3.77. The van der Waals surface area contributed by atoms with Gasteiger partial charge in [0, 0.05) is 17.1 Å². The third-order valence-corrected chi connectivity index (χ3v) is 8.09. The summed E-state index contributed by atoms with van der Waals surface area (Å²) in [5.74, 6) is -0.389. The van der Waals surface area contributed by atoms with Gasteiger partial charge in [0.1, 0.15) is 0 Å². The lowest BCUT2D eigenvalue weighted by atomic mass is 9.86. The fraction of sp³-hybridized carbons (Fsp3) is 0.208. The van der Waals surface area contributed by atoms with Crippen molar-refractivity contribution in [3.05, 3.63) is 88.9 Å². The van der Waals surface area contributed by atoms with Crippen molar-refractivity contribution in [2.45, 2.75) is 23.3 Å². The minimum absolute atomic E-state index is 0.114. The summed E-state index contributed by atoms with van der Waals surface area (Å²) >= 11 is 5.97. The lowest BCUT2D eigenvalue weighted by Crippen LogP contribution is -2.48. The van der Waals surface area contributed by atoms with Crippen molar-refractivity contribution < 1.29 is 17.9 Å². The van der Waals surface area contributed by atoms with Gasteiger partial charge >= 0.3 is 5.97 Å². The Balaban J connectivity index is 1.49. The van der Waals surface area contributed by atoms with Crippen molar-refractivity contribution in [3.8, 4) is 11.1 Å². The average Bonchev–Trinajstić information content (AvgIpc) is 3.05. The molecular weight excluding hydrogens is 434 g/mol. The van der Waals surface area contributed by atoms with Gasteiger partial charge in [0.2, 0.25) is 10.0 Å². The second kappa shape index (κ2) is 7.48. The van der Waals surface area contributed by atoms with E-state index >= 15 is 0 Å². The number of rotatable bonds is 3. The van der Waals surface area contributed by atoms with Crippen LogP contribution in [0.15, 0.2) is 77.7 Å². The van der Waals surface area contributed by atoms with Crippen LogP contribution in [0.4, 0.5) is 0 Å². The predicted molar refractivity (Wildman–Crippen MR) is 118 cm³/mol. The Morgan fingerprint density at radius 2 is 1.71 bits per heavy atom. The number of sulfonamides is 1. The molecule has 0 aliphatic carbocycles. The fourth-order valence-electron chi connectivity index (χ4n) is 4.47.